The normalized spacial score (nSPS) is 9.96. The molecule has 0 saturated heterocycles. The summed E-state index contributed by atoms with van der Waals surface area (Å²) in [5, 5.41) is 0. The molecule has 0 unspecified atom stereocenters. The van der Waals surface area contributed by atoms with Crippen molar-refractivity contribution in [3.8, 4) is 11.5 Å². The molecular formula is C18H18O5. The minimum absolute atomic E-state index is 0.106. The Morgan fingerprint density at radius 3 is 2.35 bits per heavy atom. The summed E-state index contributed by atoms with van der Waals surface area (Å²) in [5.74, 6) is -0.0583. The van der Waals surface area contributed by atoms with Crippen molar-refractivity contribution in [3.63, 3.8) is 0 Å². The van der Waals surface area contributed by atoms with Gasteiger partial charge < -0.3 is 14.2 Å². The van der Waals surface area contributed by atoms with Gasteiger partial charge in [-0.2, -0.15) is 0 Å². The fourth-order valence-corrected chi connectivity index (χ4v) is 1.81. The van der Waals surface area contributed by atoms with Crippen molar-refractivity contribution in [3.05, 3.63) is 60.2 Å². The Balaban J connectivity index is 2.02. The molecule has 0 atom stereocenters. The molecule has 120 valence electrons. The standard InChI is InChI=1S/C18H18O5/c1-2-3-13-21-17(19)15-11-7-8-12-16(15)23-18(20)22-14-9-5-4-6-10-14/h4-12H,2-3,13H2,1H3. The van der Waals surface area contributed by atoms with Crippen LogP contribution in [-0.2, 0) is 4.74 Å². The van der Waals surface area contributed by atoms with Crippen LogP contribution in [0.2, 0.25) is 0 Å². The molecule has 2 aromatic rings. The number of carbonyl (C=O) groups excluding carboxylic acids is 2. The van der Waals surface area contributed by atoms with E-state index >= 15 is 0 Å². The van der Waals surface area contributed by atoms with Crippen molar-refractivity contribution in [2.45, 2.75) is 19.8 Å². The number of para-hydroxylation sites is 2. The first-order chi connectivity index (χ1) is 11.2. The van der Waals surface area contributed by atoms with E-state index in [2.05, 4.69) is 0 Å². The predicted octanol–water partition coefficient (Wildman–Crippen LogP) is 4.22. The molecule has 2 aromatic carbocycles. The zero-order valence-electron chi connectivity index (χ0n) is 12.9. The third-order valence-electron chi connectivity index (χ3n) is 2.98. The Labute approximate surface area is 134 Å². The molecule has 0 aliphatic carbocycles. The number of carbonyl (C=O) groups is 2. The van der Waals surface area contributed by atoms with Crippen LogP contribution in [0, 0.1) is 0 Å². The van der Waals surface area contributed by atoms with Gasteiger partial charge in [-0.3, -0.25) is 0 Å². The third kappa shape index (κ3) is 5.14. The molecule has 0 radical (unpaired) electrons. The fraction of sp³-hybridized carbons (Fsp3) is 0.222. The molecule has 2 rings (SSSR count). The van der Waals surface area contributed by atoms with Crippen molar-refractivity contribution in [2.24, 2.45) is 0 Å². The highest BCUT2D eigenvalue weighted by molar-refractivity contribution is 5.93. The van der Waals surface area contributed by atoms with Crippen LogP contribution in [0.1, 0.15) is 30.1 Å². The van der Waals surface area contributed by atoms with Gasteiger partial charge in [0.2, 0.25) is 0 Å². The monoisotopic (exact) mass is 314 g/mol. The average Bonchev–Trinajstić information content (AvgIpc) is 2.56. The van der Waals surface area contributed by atoms with Gasteiger partial charge in [-0.25, -0.2) is 9.59 Å². The van der Waals surface area contributed by atoms with Crippen LogP contribution >= 0.6 is 0 Å². The zero-order chi connectivity index (χ0) is 16.5. The lowest BCUT2D eigenvalue weighted by atomic mass is 10.2. The summed E-state index contributed by atoms with van der Waals surface area (Å²) in [4.78, 5) is 23.8. The quantitative estimate of drug-likeness (QED) is 0.454. The lowest BCUT2D eigenvalue weighted by molar-refractivity contribution is 0.0496. The van der Waals surface area contributed by atoms with E-state index in [1.165, 1.54) is 6.07 Å². The highest BCUT2D eigenvalue weighted by Crippen LogP contribution is 2.20. The number of esters is 1. The number of rotatable bonds is 6. The maximum Gasteiger partial charge on any atom is 0.519 e. The smallest absolute Gasteiger partial charge is 0.462 e. The van der Waals surface area contributed by atoms with E-state index < -0.39 is 12.1 Å². The molecule has 0 heterocycles. The Kier molecular flexibility index (Phi) is 6.17. The van der Waals surface area contributed by atoms with Crippen molar-refractivity contribution in [2.75, 3.05) is 6.61 Å². The van der Waals surface area contributed by atoms with Crippen LogP contribution in [0.15, 0.2) is 54.6 Å². The number of unbranched alkanes of at least 4 members (excludes halogenated alkanes) is 1. The first-order valence-electron chi connectivity index (χ1n) is 7.41. The third-order valence-corrected chi connectivity index (χ3v) is 2.98. The second-order valence-electron chi connectivity index (χ2n) is 4.75. The van der Waals surface area contributed by atoms with Crippen molar-refractivity contribution < 1.29 is 23.8 Å². The van der Waals surface area contributed by atoms with E-state index in [1.807, 2.05) is 6.92 Å². The lowest BCUT2D eigenvalue weighted by Crippen LogP contribution is -2.16. The van der Waals surface area contributed by atoms with Crippen LogP contribution in [0.25, 0.3) is 0 Å². The van der Waals surface area contributed by atoms with E-state index in [-0.39, 0.29) is 11.3 Å². The molecule has 23 heavy (non-hydrogen) atoms. The van der Waals surface area contributed by atoms with E-state index in [4.69, 9.17) is 14.2 Å². The minimum atomic E-state index is -0.912. The van der Waals surface area contributed by atoms with Crippen molar-refractivity contribution in [1.82, 2.24) is 0 Å². The summed E-state index contributed by atoms with van der Waals surface area (Å²) < 4.78 is 15.3. The first-order valence-corrected chi connectivity index (χ1v) is 7.41. The SMILES string of the molecule is CCCCOC(=O)c1ccccc1OC(=O)Oc1ccccc1. The average molecular weight is 314 g/mol. The first kappa shape index (κ1) is 16.5. The van der Waals surface area contributed by atoms with Crippen LogP contribution in [0.5, 0.6) is 11.5 Å². The van der Waals surface area contributed by atoms with E-state index in [1.54, 1.807) is 48.5 Å². The molecule has 0 bridgehead atoms. The molecule has 0 saturated carbocycles. The molecule has 0 aliphatic rings. The number of ether oxygens (including phenoxy) is 3. The van der Waals surface area contributed by atoms with Crippen LogP contribution in [0.3, 0.4) is 0 Å². The van der Waals surface area contributed by atoms with Crippen molar-refractivity contribution in [1.29, 1.82) is 0 Å². The maximum atomic E-state index is 12.0. The minimum Gasteiger partial charge on any atom is -0.462 e. The topological polar surface area (TPSA) is 61.8 Å². The Morgan fingerprint density at radius 2 is 1.61 bits per heavy atom. The number of hydrogen-bond donors (Lipinski definition) is 0. The van der Waals surface area contributed by atoms with Gasteiger partial charge in [0.25, 0.3) is 0 Å². The number of hydrogen-bond acceptors (Lipinski definition) is 5. The van der Waals surface area contributed by atoms with E-state index in [9.17, 15) is 9.59 Å². The van der Waals surface area contributed by atoms with Gasteiger partial charge in [0.05, 0.1) is 6.61 Å². The largest absolute Gasteiger partial charge is 0.519 e. The van der Waals surface area contributed by atoms with Gasteiger partial charge in [-0.1, -0.05) is 43.7 Å². The Morgan fingerprint density at radius 1 is 0.913 bits per heavy atom. The van der Waals surface area contributed by atoms with Gasteiger partial charge >= 0.3 is 12.1 Å². The van der Waals surface area contributed by atoms with Gasteiger partial charge in [0.1, 0.15) is 17.1 Å². The highest BCUT2D eigenvalue weighted by atomic mass is 16.7. The molecule has 5 nitrogen and oxygen atoms in total. The van der Waals surface area contributed by atoms with Gasteiger partial charge in [0, 0.05) is 0 Å². The summed E-state index contributed by atoms with van der Waals surface area (Å²) >= 11 is 0. The highest BCUT2D eigenvalue weighted by Gasteiger charge is 2.17. The Bertz CT molecular complexity index is 651. The summed E-state index contributed by atoms with van der Waals surface area (Å²) in [6.45, 7) is 2.34. The van der Waals surface area contributed by atoms with E-state index in [0.717, 1.165) is 12.8 Å². The maximum absolute atomic E-state index is 12.0. The molecule has 0 aromatic heterocycles. The predicted molar refractivity (Wildman–Crippen MR) is 84.7 cm³/mol. The lowest BCUT2D eigenvalue weighted by Gasteiger charge is -2.10. The zero-order valence-corrected chi connectivity index (χ0v) is 12.9. The van der Waals surface area contributed by atoms with Crippen LogP contribution < -0.4 is 9.47 Å². The Hall–Kier alpha value is -2.82. The molecule has 0 amide bonds. The fourth-order valence-electron chi connectivity index (χ4n) is 1.81. The number of benzene rings is 2. The van der Waals surface area contributed by atoms with Crippen molar-refractivity contribution >= 4 is 12.1 Å². The second kappa shape index (κ2) is 8.58. The van der Waals surface area contributed by atoms with Gasteiger partial charge in [0.15, 0.2) is 0 Å². The molecule has 0 spiro atoms. The summed E-state index contributed by atoms with van der Waals surface area (Å²) in [6, 6.07) is 14.9. The van der Waals surface area contributed by atoms with Crippen LogP contribution in [0.4, 0.5) is 4.79 Å². The molecular weight excluding hydrogens is 296 g/mol. The summed E-state index contributed by atoms with van der Waals surface area (Å²) in [6.07, 6.45) is 0.796. The molecule has 5 heteroatoms. The molecule has 0 fully saturated rings. The molecule has 0 aliphatic heterocycles. The van der Waals surface area contributed by atoms with E-state index in [0.29, 0.717) is 12.4 Å². The molecule has 0 N–H and O–H groups in total. The summed E-state index contributed by atoms with van der Waals surface area (Å²) in [7, 11) is 0. The summed E-state index contributed by atoms with van der Waals surface area (Å²) in [5.41, 5.74) is 0.189. The van der Waals surface area contributed by atoms with Gasteiger partial charge in [-0.15, -0.1) is 0 Å². The second-order valence-corrected chi connectivity index (χ2v) is 4.75. The van der Waals surface area contributed by atoms with Crippen LogP contribution in [-0.4, -0.2) is 18.7 Å². The van der Waals surface area contributed by atoms with Gasteiger partial charge in [-0.05, 0) is 30.7 Å².